The SMILES string of the molecule is C#Cc1ccc2c(c1)C(CCCCCCCC)(CCCCCCCC)c1cc(C#Cc3ccc4c(c3)C(CCCCCCCC)(CCCCCCCC)c3cc(N(c5ccccc5)c5ccccc5)ccc3-4)ccc1-2. The smallest absolute Gasteiger partial charge is 0.0465 e. The number of hydrogen-bond donors (Lipinski definition) is 0. The van der Waals surface area contributed by atoms with E-state index in [0.29, 0.717) is 0 Å². The maximum atomic E-state index is 6.15. The molecule has 1 nitrogen and oxygen atoms in total. The van der Waals surface area contributed by atoms with E-state index in [4.69, 9.17) is 6.42 Å². The number of nitrogens with zero attached hydrogens (tertiary/aromatic N) is 1. The molecule has 0 bridgehead atoms. The molecule has 0 saturated heterocycles. The average molecular weight is 995 g/mol. The first-order valence-corrected chi connectivity index (χ1v) is 30.5. The molecule has 0 aliphatic heterocycles. The monoisotopic (exact) mass is 994 g/mol. The molecule has 0 N–H and O–H groups in total. The molecule has 0 aromatic heterocycles. The molecule has 2 aliphatic rings. The van der Waals surface area contributed by atoms with Crippen LogP contribution in [0.25, 0.3) is 22.3 Å². The number of hydrogen-bond acceptors (Lipinski definition) is 1. The molecule has 6 aromatic rings. The van der Waals surface area contributed by atoms with Crippen molar-refractivity contribution >= 4 is 17.1 Å². The lowest BCUT2D eigenvalue weighted by Crippen LogP contribution is -2.26. The van der Waals surface area contributed by atoms with Crippen molar-refractivity contribution in [1.82, 2.24) is 0 Å². The van der Waals surface area contributed by atoms with Crippen LogP contribution in [-0.4, -0.2) is 0 Å². The van der Waals surface area contributed by atoms with Crippen LogP contribution in [0.3, 0.4) is 0 Å². The van der Waals surface area contributed by atoms with Gasteiger partial charge in [0.25, 0.3) is 0 Å². The summed E-state index contributed by atoms with van der Waals surface area (Å²) in [4.78, 5) is 2.46. The third-order valence-corrected chi connectivity index (χ3v) is 17.3. The fourth-order valence-corrected chi connectivity index (χ4v) is 13.3. The highest BCUT2D eigenvalue weighted by molar-refractivity contribution is 5.87. The number of terminal acetylenes is 1. The van der Waals surface area contributed by atoms with E-state index in [1.807, 2.05) is 0 Å². The average Bonchev–Trinajstić information content (AvgIpc) is 3.90. The van der Waals surface area contributed by atoms with Gasteiger partial charge in [-0.2, -0.15) is 0 Å². The summed E-state index contributed by atoms with van der Waals surface area (Å²) in [6.45, 7) is 9.29. The Balaban J connectivity index is 1.19. The first-order chi connectivity index (χ1) is 37.0. The zero-order valence-corrected chi connectivity index (χ0v) is 47.0. The Bertz CT molecular complexity index is 2740. The van der Waals surface area contributed by atoms with Gasteiger partial charge in [-0.3, -0.25) is 0 Å². The van der Waals surface area contributed by atoms with Crippen LogP contribution in [0.15, 0.2) is 133 Å². The van der Waals surface area contributed by atoms with Crippen molar-refractivity contribution in [3.63, 3.8) is 0 Å². The molecular weight excluding hydrogens is 903 g/mol. The molecule has 0 heterocycles. The van der Waals surface area contributed by atoms with Gasteiger partial charge >= 0.3 is 0 Å². The van der Waals surface area contributed by atoms with E-state index in [0.717, 1.165) is 29.5 Å². The van der Waals surface area contributed by atoms with E-state index in [1.54, 1.807) is 0 Å². The normalized spacial score (nSPS) is 13.3. The zero-order chi connectivity index (χ0) is 52.1. The number of benzene rings is 6. The van der Waals surface area contributed by atoms with Gasteiger partial charge < -0.3 is 4.90 Å². The van der Waals surface area contributed by atoms with Crippen molar-refractivity contribution in [2.24, 2.45) is 0 Å². The molecule has 0 unspecified atom stereocenters. The van der Waals surface area contributed by atoms with E-state index in [1.165, 1.54) is 229 Å². The van der Waals surface area contributed by atoms with Gasteiger partial charge in [-0.15, -0.1) is 6.42 Å². The van der Waals surface area contributed by atoms with Gasteiger partial charge in [0.05, 0.1) is 0 Å². The number of anilines is 3. The van der Waals surface area contributed by atoms with Crippen LogP contribution in [0, 0.1) is 24.2 Å². The van der Waals surface area contributed by atoms with Crippen molar-refractivity contribution in [2.75, 3.05) is 4.90 Å². The second kappa shape index (κ2) is 28.4. The molecule has 0 amide bonds. The number of rotatable bonds is 31. The highest BCUT2D eigenvalue weighted by Gasteiger charge is 2.44. The maximum Gasteiger partial charge on any atom is 0.0465 e. The lowest BCUT2D eigenvalue weighted by molar-refractivity contribution is 0.397. The minimum absolute atomic E-state index is 0.0494. The predicted octanol–water partition coefficient (Wildman–Crippen LogP) is 22.1. The van der Waals surface area contributed by atoms with Gasteiger partial charge in [0.15, 0.2) is 0 Å². The molecule has 8 rings (SSSR count). The summed E-state index contributed by atoms with van der Waals surface area (Å²) in [6.07, 6.45) is 42.0. The van der Waals surface area contributed by atoms with Crippen LogP contribution < -0.4 is 4.90 Å². The Morgan fingerprint density at radius 1 is 0.320 bits per heavy atom. The molecule has 0 atom stereocenters. The van der Waals surface area contributed by atoms with Gasteiger partial charge in [0, 0.05) is 44.6 Å². The van der Waals surface area contributed by atoms with Crippen LogP contribution in [0.5, 0.6) is 0 Å². The lowest BCUT2D eigenvalue weighted by atomic mass is 9.70. The molecule has 0 spiro atoms. The summed E-state index contributed by atoms with van der Waals surface area (Å²) in [7, 11) is 0. The van der Waals surface area contributed by atoms with E-state index < -0.39 is 0 Å². The first-order valence-electron chi connectivity index (χ1n) is 30.5. The van der Waals surface area contributed by atoms with Crippen molar-refractivity contribution in [3.05, 3.63) is 172 Å². The summed E-state index contributed by atoms with van der Waals surface area (Å²) in [6, 6.07) is 50.7. The standard InChI is InChI=1S/C74H91N/c1-6-11-15-19-23-33-51-73(52-34-24-20-16-12-7-2)69-55-59(10-5)43-47-65(69)66-48-44-60(56-70(66)73)41-42-61-45-49-67-68-50-46-64(75(62-37-29-27-30-38-62)63-39-31-28-32-40-63)58-72(68)74(71(67)57-61,53-35-25-21-17-13-8-3)54-36-26-22-18-14-9-4/h5,27-32,37-40,43-50,55-58H,6-9,11-26,33-36,51-54H2,1-4H3. The summed E-state index contributed by atoms with van der Waals surface area (Å²) in [5, 5.41) is 0. The third-order valence-electron chi connectivity index (χ3n) is 17.3. The molecule has 392 valence electrons. The highest BCUT2D eigenvalue weighted by atomic mass is 15.1. The maximum absolute atomic E-state index is 6.15. The Kier molecular flexibility index (Phi) is 21.0. The van der Waals surface area contributed by atoms with E-state index in [2.05, 4.69) is 184 Å². The number of fused-ring (bicyclic) bond motifs is 6. The van der Waals surface area contributed by atoms with Crippen LogP contribution in [0.2, 0.25) is 0 Å². The van der Waals surface area contributed by atoms with Crippen molar-refractivity contribution in [2.45, 2.75) is 218 Å². The molecular formula is C74H91N. The van der Waals surface area contributed by atoms with Gasteiger partial charge in [0.1, 0.15) is 0 Å². The Labute approximate surface area is 456 Å². The second-order valence-corrected chi connectivity index (χ2v) is 22.6. The largest absolute Gasteiger partial charge is 0.310 e. The summed E-state index contributed by atoms with van der Waals surface area (Å²) in [5.74, 6) is 10.7. The zero-order valence-electron chi connectivity index (χ0n) is 47.0. The fraction of sp³-hybridized carbons (Fsp3) is 0.459. The van der Waals surface area contributed by atoms with Crippen molar-refractivity contribution in [3.8, 4) is 46.4 Å². The fourth-order valence-electron chi connectivity index (χ4n) is 13.3. The van der Waals surface area contributed by atoms with E-state index in [9.17, 15) is 0 Å². The van der Waals surface area contributed by atoms with Gasteiger partial charge in [-0.05, 0) is 143 Å². The van der Waals surface area contributed by atoms with Crippen molar-refractivity contribution < 1.29 is 0 Å². The van der Waals surface area contributed by atoms with Gasteiger partial charge in [-0.25, -0.2) is 0 Å². The van der Waals surface area contributed by atoms with E-state index >= 15 is 0 Å². The Morgan fingerprint density at radius 3 is 0.987 bits per heavy atom. The number of para-hydroxylation sites is 2. The predicted molar refractivity (Wildman–Crippen MR) is 326 cm³/mol. The van der Waals surface area contributed by atoms with Crippen LogP contribution in [0.4, 0.5) is 17.1 Å². The Hall–Kier alpha value is -5.76. The first kappa shape index (κ1) is 55.5. The van der Waals surface area contributed by atoms with Gasteiger partial charge in [-0.1, -0.05) is 260 Å². The molecule has 0 fully saturated rings. The quantitative estimate of drug-likeness (QED) is 0.0310. The molecule has 6 aromatic carbocycles. The molecule has 2 aliphatic carbocycles. The van der Waals surface area contributed by atoms with Crippen LogP contribution in [-0.2, 0) is 10.8 Å². The molecule has 1 heteroatoms. The highest BCUT2D eigenvalue weighted by Crippen LogP contribution is 2.57. The molecule has 75 heavy (non-hydrogen) atoms. The van der Waals surface area contributed by atoms with Gasteiger partial charge in [0.2, 0.25) is 0 Å². The lowest BCUT2D eigenvalue weighted by Gasteiger charge is -2.34. The third kappa shape index (κ3) is 13.4. The summed E-state index contributed by atoms with van der Waals surface area (Å²) in [5.41, 5.74) is 18.2. The van der Waals surface area contributed by atoms with Crippen LogP contribution >= 0.6 is 0 Å². The second-order valence-electron chi connectivity index (χ2n) is 22.6. The van der Waals surface area contributed by atoms with Crippen molar-refractivity contribution in [1.29, 1.82) is 0 Å². The molecule has 0 radical (unpaired) electrons. The summed E-state index contributed by atoms with van der Waals surface area (Å²) >= 11 is 0. The Morgan fingerprint density at radius 2 is 0.627 bits per heavy atom. The number of unbranched alkanes of at least 4 members (excludes halogenated alkanes) is 20. The van der Waals surface area contributed by atoms with E-state index in [-0.39, 0.29) is 10.8 Å². The molecule has 0 saturated carbocycles. The van der Waals surface area contributed by atoms with Crippen LogP contribution in [0.1, 0.15) is 246 Å². The topological polar surface area (TPSA) is 3.24 Å². The minimum atomic E-state index is -0.0871. The minimum Gasteiger partial charge on any atom is -0.310 e. The summed E-state index contributed by atoms with van der Waals surface area (Å²) < 4.78 is 0.